The number of benzene rings is 2. The predicted octanol–water partition coefficient (Wildman–Crippen LogP) is 6.47. The lowest BCUT2D eigenvalue weighted by Crippen LogP contribution is -2.58. The molecule has 1 aliphatic rings. The summed E-state index contributed by atoms with van der Waals surface area (Å²) in [4.78, 5) is 15.1. The first-order valence-corrected chi connectivity index (χ1v) is 11.4. The summed E-state index contributed by atoms with van der Waals surface area (Å²) in [7, 11) is 3.07. The van der Waals surface area contributed by atoms with Gasteiger partial charge in [0.1, 0.15) is 18.4 Å². The Morgan fingerprint density at radius 3 is 2.14 bits per heavy atom. The third kappa shape index (κ3) is 5.67. The normalized spacial score (nSPS) is 22.1. The molecule has 4 nitrogen and oxygen atoms in total. The first-order chi connectivity index (χ1) is 16.6. The molecule has 2 aromatic rings. The molecule has 0 radical (unpaired) electrons. The number of urea groups is 1. The van der Waals surface area contributed by atoms with Crippen LogP contribution in [-0.2, 0) is 12.4 Å². The average Bonchev–Trinajstić information content (AvgIpc) is 2.98. The van der Waals surface area contributed by atoms with E-state index in [-0.39, 0.29) is 16.1 Å². The number of hydrogen-bond donors (Lipinski definition) is 1. The largest absolute Gasteiger partial charge is 0.419 e. The molecule has 11 heteroatoms. The second kappa shape index (κ2) is 10.0. The quantitative estimate of drug-likeness (QED) is 0.372. The second-order valence-corrected chi connectivity index (χ2v) is 9.46. The lowest BCUT2D eigenvalue weighted by atomic mass is 9.95. The number of hydrogen-bond acceptors (Lipinski definition) is 2. The molecular formula is C25H29F7N3O+. The van der Waals surface area contributed by atoms with Crippen LogP contribution in [0, 0.1) is 12.7 Å². The summed E-state index contributed by atoms with van der Waals surface area (Å²) in [6.45, 7) is 4.52. The first-order valence-electron chi connectivity index (χ1n) is 11.4. The number of rotatable bonds is 3. The van der Waals surface area contributed by atoms with Crippen molar-refractivity contribution >= 4 is 6.03 Å². The molecule has 2 amide bonds. The Labute approximate surface area is 205 Å². The number of nitrogens with one attached hydrogen (secondary N) is 1. The van der Waals surface area contributed by atoms with Crippen molar-refractivity contribution in [3.8, 4) is 0 Å². The molecule has 0 aromatic heterocycles. The maximum Gasteiger partial charge on any atom is 0.419 e. The summed E-state index contributed by atoms with van der Waals surface area (Å²) in [5, 5.41) is 3.23. The van der Waals surface area contributed by atoms with E-state index in [0.29, 0.717) is 43.8 Å². The third-order valence-corrected chi connectivity index (χ3v) is 7.04. The Morgan fingerprint density at radius 1 is 1.03 bits per heavy atom. The van der Waals surface area contributed by atoms with Gasteiger partial charge in [-0.05, 0) is 61.4 Å². The van der Waals surface area contributed by atoms with E-state index in [4.69, 9.17) is 0 Å². The van der Waals surface area contributed by atoms with Gasteiger partial charge in [-0.3, -0.25) is 4.90 Å². The molecule has 0 saturated carbocycles. The summed E-state index contributed by atoms with van der Waals surface area (Å²) in [5.41, 5.74) is -1.72. The van der Waals surface area contributed by atoms with Gasteiger partial charge in [-0.1, -0.05) is 0 Å². The van der Waals surface area contributed by atoms with Gasteiger partial charge in [0.2, 0.25) is 0 Å². The molecule has 198 valence electrons. The van der Waals surface area contributed by atoms with Crippen LogP contribution in [0.2, 0.25) is 0 Å². The van der Waals surface area contributed by atoms with Crippen LogP contribution in [0.3, 0.4) is 0 Å². The highest BCUT2D eigenvalue weighted by Crippen LogP contribution is 2.40. The molecule has 3 atom stereocenters. The number of carbonyl (C=O) groups excluding carboxylic acids is 1. The van der Waals surface area contributed by atoms with Crippen LogP contribution in [0.5, 0.6) is 0 Å². The fourth-order valence-corrected chi connectivity index (χ4v) is 4.79. The summed E-state index contributed by atoms with van der Waals surface area (Å²) < 4.78 is 93.8. The van der Waals surface area contributed by atoms with E-state index in [2.05, 4.69) is 5.32 Å². The topological polar surface area (TPSA) is 32.3 Å². The maximum atomic E-state index is 13.9. The number of quaternary nitrogens is 1. The highest BCUT2D eigenvalue weighted by Gasteiger charge is 2.46. The van der Waals surface area contributed by atoms with Crippen molar-refractivity contribution in [1.29, 1.82) is 0 Å². The molecule has 2 aromatic carbocycles. The van der Waals surface area contributed by atoms with E-state index < -0.39 is 47.4 Å². The van der Waals surface area contributed by atoms with Crippen LogP contribution in [0.1, 0.15) is 53.2 Å². The van der Waals surface area contributed by atoms with Crippen LogP contribution in [0.15, 0.2) is 36.4 Å². The zero-order valence-corrected chi connectivity index (χ0v) is 20.4. The Hall–Kier alpha value is -2.66. The molecule has 0 bridgehead atoms. The summed E-state index contributed by atoms with van der Waals surface area (Å²) in [5.74, 6) is -0.417. The number of alkyl halides is 6. The monoisotopic (exact) mass is 520 g/mol. The van der Waals surface area contributed by atoms with Crippen LogP contribution in [0.4, 0.5) is 35.5 Å². The third-order valence-electron chi connectivity index (χ3n) is 7.04. The zero-order chi connectivity index (χ0) is 27.1. The van der Waals surface area contributed by atoms with Gasteiger partial charge in [0.25, 0.3) is 0 Å². The fraction of sp³-hybridized carbons (Fsp3) is 0.480. The lowest BCUT2D eigenvalue weighted by molar-refractivity contribution is -0.864. The molecule has 1 aliphatic heterocycles. The number of halogens is 7. The fourth-order valence-electron chi connectivity index (χ4n) is 4.79. The lowest BCUT2D eigenvalue weighted by Gasteiger charge is -2.41. The van der Waals surface area contributed by atoms with Gasteiger partial charge >= 0.3 is 18.4 Å². The van der Waals surface area contributed by atoms with E-state index in [9.17, 15) is 35.5 Å². The zero-order valence-electron chi connectivity index (χ0n) is 20.4. The Kier molecular flexibility index (Phi) is 7.76. The van der Waals surface area contributed by atoms with Crippen molar-refractivity contribution in [1.82, 2.24) is 10.2 Å². The second-order valence-electron chi connectivity index (χ2n) is 9.46. The molecule has 1 N–H and O–H groups in total. The molecule has 1 unspecified atom stereocenters. The van der Waals surface area contributed by atoms with Crippen LogP contribution >= 0.6 is 0 Å². The van der Waals surface area contributed by atoms with Crippen LogP contribution in [-0.4, -0.2) is 49.1 Å². The van der Waals surface area contributed by atoms with E-state index >= 15 is 0 Å². The van der Waals surface area contributed by atoms with Crippen molar-refractivity contribution in [2.24, 2.45) is 0 Å². The highest BCUT2D eigenvalue weighted by atomic mass is 19.4. The van der Waals surface area contributed by atoms with Gasteiger partial charge in [-0.25, -0.2) is 13.7 Å². The number of likely N-dealkylation sites (N-methyl/N-ethyl adjacent to an activating group) is 1. The van der Waals surface area contributed by atoms with Crippen molar-refractivity contribution < 1.29 is 40.0 Å². The minimum atomic E-state index is -4.99. The van der Waals surface area contributed by atoms with Gasteiger partial charge < -0.3 is 5.32 Å². The van der Waals surface area contributed by atoms with E-state index in [1.807, 2.05) is 0 Å². The van der Waals surface area contributed by atoms with Crippen molar-refractivity contribution in [3.63, 3.8) is 0 Å². The molecule has 1 fully saturated rings. The molecule has 0 aliphatic carbocycles. The first kappa shape index (κ1) is 27.9. The minimum absolute atomic E-state index is 0.0692. The molecule has 1 saturated heterocycles. The SMILES string of the molecule is Cc1cc(F)ccc1[C@H]1CCNCC[N+]1(C)C(=O)N(C)[C@H](C)c1cc(C(F)(F)F)cc(C(F)(F)F)c1. The summed E-state index contributed by atoms with van der Waals surface area (Å²) >= 11 is 0. The van der Waals surface area contributed by atoms with Gasteiger partial charge in [0, 0.05) is 32.1 Å². The van der Waals surface area contributed by atoms with Crippen molar-refractivity contribution in [2.45, 2.75) is 44.7 Å². The number of aryl methyl sites for hydroxylation is 1. The van der Waals surface area contributed by atoms with E-state index in [1.54, 1.807) is 20.0 Å². The molecule has 1 heterocycles. The smallest absolute Gasteiger partial charge is 0.311 e. The predicted molar refractivity (Wildman–Crippen MR) is 120 cm³/mol. The van der Waals surface area contributed by atoms with Crippen molar-refractivity contribution in [2.75, 3.05) is 33.7 Å². The maximum absolute atomic E-state index is 13.9. The average molecular weight is 521 g/mol. The Morgan fingerprint density at radius 2 is 1.61 bits per heavy atom. The molecule has 36 heavy (non-hydrogen) atoms. The standard InChI is InChI=1S/C25H29F7N3O/c1-15-11-20(26)5-6-21(15)22-7-8-33-9-10-35(22,4)23(36)34(3)16(2)17-12-18(24(27,28)29)14-19(13-17)25(30,31)32/h5-6,11-14,16,22,33H,7-10H2,1-4H3/q+1/t16-,22-,35?/m1/s1. The van der Waals surface area contributed by atoms with Gasteiger partial charge in [0.05, 0.1) is 24.2 Å². The number of carbonyl (C=O) groups is 1. The molecule has 0 spiro atoms. The molecule has 3 rings (SSSR count). The Balaban J connectivity index is 2.03. The Bertz CT molecular complexity index is 1080. The van der Waals surface area contributed by atoms with E-state index in [0.717, 1.165) is 5.56 Å². The summed E-state index contributed by atoms with van der Waals surface area (Å²) in [6.07, 6.45) is -9.45. The van der Waals surface area contributed by atoms with Gasteiger partial charge in [-0.15, -0.1) is 0 Å². The summed E-state index contributed by atoms with van der Waals surface area (Å²) in [6, 6.07) is 3.72. The van der Waals surface area contributed by atoms with Crippen LogP contribution < -0.4 is 5.32 Å². The number of nitrogens with zero attached hydrogens (tertiary/aromatic N) is 2. The van der Waals surface area contributed by atoms with Crippen molar-refractivity contribution in [3.05, 3.63) is 70.0 Å². The van der Waals surface area contributed by atoms with Crippen LogP contribution in [0.25, 0.3) is 0 Å². The highest BCUT2D eigenvalue weighted by molar-refractivity contribution is 5.68. The van der Waals surface area contributed by atoms with Gasteiger partial charge in [0.15, 0.2) is 0 Å². The number of amides is 2. The molecular weight excluding hydrogens is 491 g/mol. The minimum Gasteiger partial charge on any atom is -0.311 e. The van der Waals surface area contributed by atoms with E-state index in [1.165, 1.54) is 31.0 Å². The van der Waals surface area contributed by atoms with Gasteiger partial charge in [-0.2, -0.15) is 26.3 Å².